The first-order valence-corrected chi connectivity index (χ1v) is 7.29. The maximum Gasteiger partial charge on any atom is 0.573 e. The minimum absolute atomic E-state index is 0.108. The number of carbonyl (C=O) groups is 1. The molecule has 0 unspecified atom stereocenters. The number of amides is 2. The van der Waals surface area contributed by atoms with Crippen LogP contribution in [0.3, 0.4) is 0 Å². The minimum atomic E-state index is -4.85. The van der Waals surface area contributed by atoms with Crippen molar-refractivity contribution >= 4 is 40.2 Å². The van der Waals surface area contributed by atoms with Crippen LogP contribution in [0.2, 0.25) is 0 Å². The van der Waals surface area contributed by atoms with Crippen molar-refractivity contribution < 1.29 is 22.7 Å². The molecule has 0 fully saturated rings. The van der Waals surface area contributed by atoms with E-state index in [4.69, 9.17) is 0 Å². The van der Waals surface area contributed by atoms with Gasteiger partial charge in [0.15, 0.2) is 5.75 Å². The lowest BCUT2D eigenvalue weighted by Crippen LogP contribution is -2.22. The molecule has 2 aromatic carbocycles. The standard InChI is InChI=1S/C14H9F3N4O2S/c15-14(16,17)23-12-4-2-1-3-10(12)19-13(22)18-8-5-6-9-11(7-8)21-24-20-9/h1-7H,(H2,18,19,22). The van der Waals surface area contributed by atoms with E-state index in [9.17, 15) is 18.0 Å². The second-order valence-corrected chi connectivity index (χ2v) is 5.12. The number of benzene rings is 2. The summed E-state index contributed by atoms with van der Waals surface area (Å²) in [4.78, 5) is 12.0. The van der Waals surface area contributed by atoms with E-state index in [1.165, 1.54) is 18.2 Å². The van der Waals surface area contributed by atoms with Gasteiger partial charge in [-0.05, 0) is 30.3 Å². The summed E-state index contributed by atoms with van der Waals surface area (Å²) in [5.74, 6) is -0.501. The van der Waals surface area contributed by atoms with Gasteiger partial charge in [-0.25, -0.2) is 4.79 Å². The molecular formula is C14H9F3N4O2S. The number of urea groups is 1. The lowest BCUT2D eigenvalue weighted by molar-refractivity contribution is -0.274. The first-order valence-electron chi connectivity index (χ1n) is 6.56. The van der Waals surface area contributed by atoms with Crippen LogP contribution in [0, 0.1) is 0 Å². The second kappa shape index (κ2) is 6.32. The molecule has 0 saturated carbocycles. The fraction of sp³-hybridized carbons (Fsp3) is 0.0714. The number of nitrogens with zero attached hydrogens (tertiary/aromatic N) is 2. The minimum Gasteiger partial charge on any atom is -0.404 e. The molecule has 24 heavy (non-hydrogen) atoms. The highest BCUT2D eigenvalue weighted by Crippen LogP contribution is 2.30. The number of alkyl halides is 3. The fourth-order valence-electron chi connectivity index (χ4n) is 1.93. The lowest BCUT2D eigenvalue weighted by Gasteiger charge is -2.14. The molecule has 0 spiro atoms. The molecule has 0 aliphatic rings. The van der Waals surface area contributed by atoms with Crippen molar-refractivity contribution in [1.82, 2.24) is 8.75 Å². The number of rotatable bonds is 3. The van der Waals surface area contributed by atoms with Crippen LogP contribution in [-0.2, 0) is 0 Å². The number of hydrogen-bond acceptors (Lipinski definition) is 5. The van der Waals surface area contributed by atoms with Gasteiger partial charge in [0.2, 0.25) is 0 Å². The predicted octanol–water partition coefficient (Wildman–Crippen LogP) is 4.23. The van der Waals surface area contributed by atoms with Crippen molar-refractivity contribution in [3.8, 4) is 5.75 Å². The Kier molecular flexibility index (Phi) is 4.21. The van der Waals surface area contributed by atoms with Crippen molar-refractivity contribution in [2.45, 2.75) is 6.36 Å². The van der Waals surface area contributed by atoms with Gasteiger partial charge in [0.1, 0.15) is 11.0 Å². The van der Waals surface area contributed by atoms with Crippen LogP contribution in [0.5, 0.6) is 5.75 Å². The quantitative estimate of drug-likeness (QED) is 0.738. The molecule has 1 aromatic heterocycles. The molecule has 0 atom stereocenters. The molecule has 0 radical (unpaired) electrons. The SMILES string of the molecule is O=C(Nc1ccc2nsnc2c1)Nc1ccccc1OC(F)(F)F. The summed E-state index contributed by atoms with van der Waals surface area (Å²) in [6.45, 7) is 0. The van der Waals surface area contributed by atoms with Crippen molar-refractivity contribution in [3.05, 3.63) is 42.5 Å². The van der Waals surface area contributed by atoms with Crippen LogP contribution in [0.15, 0.2) is 42.5 Å². The number of halogens is 3. The molecular weight excluding hydrogens is 345 g/mol. The van der Waals surface area contributed by atoms with Gasteiger partial charge >= 0.3 is 12.4 Å². The molecule has 0 aliphatic carbocycles. The van der Waals surface area contributed by atoms with E-state index in [0.29, 0.717) is 16.7 Å². The van der Waals surface area contributed by atoms with Crippen LogP contribution in [-0.4, -0.2) is 21.1 Å². The van der Waals surface area contributed by atoms with Crippen molar-refractivity contribution in [3.63, 3.8) is 0 Å². The summed E-state index contributed by atoms with van der Waals surface area (Å²) in [5.41, 5.74) is 1.62. The number of carbonyl (C=O) groups excluding carboxylic acids is 1. The Morgan fingerprint density at radius 2 is 1.79 bits per heavy atom. The average Bonchev–Trinajstić information content (AvgIpc) is 2.95. The maximum atomic E-state index is 12.4. The summed E-state index contributed by atoms with van der Waals surface area (Å²) in [6, 6.07) is 9.44. The highest BCUT2D eigenvalue weighted by molar-refractivity contribution is 7.00. The Morgan fingerprint density at radius 3 is 2.58 bits per heavy atom. The topological polar surface area (TPSA) is 76.1 Å². The zero-order valence-corrected chi connectivity index (χ0v) is 12.6. The second-order valence-electron chi connectivity index (χ2n) is 4.59. The van der Waals surface area contributed by atoms with Crippen LogP contribution in [0.25, 0.3) is 11.0 Å². The molecule has 3 rings (SSSR count). The molecule has 0 bridgehead atoms. The lowest BCUT2D eigenvalue weighted by atomic mass is 10.2. The third-order valence-electron chi connectivity index (χ3n) is 2.87. The first kappa shape index (κ1) is 16.0. The van der Waals surface area contributed by atoms with E-state index in [-0.39, 0.29) is 5.69 Å². The van der Waals surface area contributed by atoms with Gasteiger partial charge in [0, 0.05) is 5.69 Å². The average molecular weight is 354 g/mol. The van der Waals surface area contributed by atoms with Gasteiger partial charge in [-0.1, -0.05) is 12.1 Å². The van der Waals surface area contributed by atoms with E-state index < -0.39 is 18.1 Å². The van der Waals surface area contributed by atoms with Crippen LogP contribution in [0.4, 0.5) is 29.3 Å². The Morgan fingerprint density at radius 1 is 1.04 bits per heavy atom. The number of nitrogens with one attached hydrogen (secondary N) is 2. The molecule has 2 amide bonds. The van der Waals surface area contributed by atoms with Crippen LogP contribution < -0.4 is 15.4 Å². The first-order chi connectivity index (χ1) is 11.4. The van der Waals surface area contributed by atoms with Gasteiger partial charge in [0.25, 0.3) is 0 Å². The van der Waals surface area contributed by atoms with Crippen molar-refractivity contribution in [1.29, 1.82) is 0 Å². The summed E-state index contributed by atoms with van der Waals surface area (Å²) < 4.78 is 49.0. The van der Waals surface area contributed by atoms with Crippen LogP contribution >= 0.6 is 11.7 Å². The van der Waals surface area contributed by atoms with Crippen LogP contribution in [0.1, 0.15) is 0 Å². The predicted molar refractivity (Wildman–Crippen MR) is 83.2 cm³/mol. The number of anilines is 2. The third kappa shape index (κ3) is 3.90. The zero-order valence-electron chi connectivity index (χ0n) is 11.8. The van der Waals surface area contributed by atoms with E-state index in [1.54, 1.807) is 18.2 Å². The zero-order chi connectivity index (χ0) is 17.2. The molecule has 1 heterocycles. The fourth-order valence-corrected chi connectivity index (χ4v) is 2.45. The normalized spacial score (nSPS) is 11.3. The van der Waals surface area contributed by atoms with Gasteiger partial charge in [-0.15, -0.1) is 13.2 Å². The van der Waals surface area contributed by atoms with E-state index in [1.807, 2.05) is 0 Å². The molecule has 6 nitrogen and oxygen atoms in total. The highest BCUT2D eigenvalue weighted by atomic mass is 32.1. The summed E-state index contributed by atoms with van der Waals surface area (Å²) in [7, 11) is 0. The smallest absolute Gasteiger partial charge is 0.404 e. The van der Waals surface area contributed by atoms with E-state index in [2.05, 4.69) is 24.1 Å². The Bertz CT molecular complexity index is 882. The Labute approximate surface area is 137 Å². The van der Waals surface area contributed by atoms with E-state index >= 15 is 0 Å². The van der Waals surface area contributed by atoms with Gasteiger partial charge < -0.3 is 15.4 Å². The largest absolute Gasteiger partial charge is 0.573 e. The molecule has 10 heteroatoms. The van der Waals surface area contributed by atoms with Crippen molar-refractivity contribution in [2.24, 2.45) is 0 Å². The maximum absolute atomic E-state index is 12.4. The van der Waals surface area contributed by atoms with Gasteiger partial charge in [-0.2, -0.15) is 8.75 Å². The summed E-state index contributed by atoms with van der Waals surface area (Å²) in [5, 5.41) is 4.83. The molecule has 124 valence electrons. The monoisotopic (exact) mass is 354 g/mol. The summed E-state index contributed by atoms with van der Waals surface area (Å²) in [6.07, 6.45) is -4.85. The Hall–Kier alpha value is -2.88. The van der Waals surface area contributed by atoms with Crippen molar-refractivity contribution in [2.75, 3.05) is 10.6 Å². The molecule has 0 aliphatic heterocycles. The molecule has 2 N–H and O–H groups in total. The molecule has 3 aromatic rings. The number of fused-ring (bicyclic) bond motifs is 1. The number of para-hydroxylation sites is 2. The molecule has 0 saturated heterocycles. The Balaban J connectivity index is 1.72. The number of hydrogen-bond donors (Lipinski definition) is 2. The summed E-state index contributed by atoms with van der Waals surface area (Å²) >= 11 is 1.04. The third-order valence-corrected chi connectivity index (χ3v) is 3.43. The number of ether oxygens (including phenoxy) is 1. The van der Waals surface area contributed by atoms with Gasteiger partial charge in [0.05, 0.1) is 17.4 Å². The highest BCUT2D eigenvalue weighted by Gasteiger charge is 2.32. The number of aromatic nitrogens is 2. The van der Waals surface area contributed by atoms with E-state index in [0.717, 1.165) is 17.8 Å². The van der Waals surface area contributed by atoms with Gasteiger partial charge in [-0.3, -0.25) is 0 Å².